The number of hydrogen-bond donors (Lipinski definition) is 2. The maximum atomic E-state index is 11.5. The molecule has 16 heavy (non-hydrogen) atoms. The van der Waals surface area contributed by atoms with Gasteiger partial charge in [-0.05, 0) is 19.8 Å². The first kappa shape index (κ1) is 12.7. The minimum atomic E-state index is -0.265. The van der Waals surface area contributed by atoms with Gasteiger partial charge in [0.15, 0.2) is 0 Å². The summed E-state index contributed by atoms with van der Waals surface area (Å²) in [6.07, 6.45) is 5.74. The van der Waals surface area contributed by atoms with Gasteiger partial charge in [0.05, 0.1) is 6.54 Å². The number of nitrogens with one attached hydrogen (secondary N) is 2. The van der Waals surface area contributed by atoms with Gasteiger partial charge in [-0.3, -0.25) is 9.59 Å². The molecule has 90 valence electrons. The second-order valence-electron chi connectivity index (χ2n) is 4.37. The second kappa shape index (κ2) is 6.30. The number of carbonyl (C=O) groups excluding carboxylic acids is 2. The maximum absolute atomic E-state index is 11.5. The van der Waals surface area contributed by atoms with Crippen LogP contribution in [0.3, 0.4) is 0 Å². The molecule has 0 aromatic heterocycles. The van der Waals surface area contributed by atoms with E-state index in [9.17, 15) is 9.59 Å². The molecule has 0 heterocycles. The molecule has 1 rings (SSSR count). The molecular weight excluding hydrogens is 204 g/mol. The van der Waals surface area contributed by atoms with Gasteiger partial charge in [0.2, 0.25) is 11.8 Å². The Morgan fingerprint density at radius 3 is 2.44 bits per heavy atom. The summed E-state index contributed by atoms with van der Waals surface area (Å²) in [7, 11) is 0. The molecule has 1 aliphatic carbocycles. The van der Waals surface area contributed by atoms with E-state index in [4.69, 9.17) is 0 Å². The van der Waals surface area contributed by atoms with E-state index in [0.29, 0.717) is 11.6 Å². The van der Waals surface area contributed by atoms with E-state index in [2.05, 4.69) is 17.2 Å². The van der Waals surface area contributed by atoms with Crippen molar-refractivity contribution in [2.24, 2.45) is 0 Å². The molecule has 0 saturated heterocycles. The van der Waals surface area contributed by atoms with Crippen molar-refractivity contribution >= 4 is 11.8 Å². The van der Waals surface area contributed by atoms with Crippen LogP contribution in [0.1, 0.15) is 39.0 Å². The number of carbonyl (C=O) groups is 2. The van der Waals surface area contributed by atoms with Crippen molar-refractivity contribution in [1.29, 1.82) is 0 Å². The average molecular weight is 224 g/mol. The monoisotopic (exact) mass is 224 g/mol. The van der Waals surface area contributed by atoms with Crippen molar-refractivity contribution in [3.63, 3.8) is 0 Å². The summed E-state index contributed by atoms with van der Waals surface area (Å²) in [6.45, 7) is 5.17. The van der Waals surface area contributed by atoms with Gasteiger partial charge in [0.1, 0.15) is 0 Å². The predicted molar refractivity (Wildman–Crippen MR) is 62.8 cm³/mol. The number of hydrogen-bond acceptors (Lipinski definition) is 2. The van der Waals surface area contributed by atoms with E-state index in [-0.39, 0.29) is 18.4 Å². The van der Waals surface area contributed by atoms with Crippen molar-refractivity contribution in [2.45, 2.75) is 45.1 Å². The van der Waals surface area contributed by atoms with Crippen molar-refractivity contribution in [3.8, 4) is 0 Å². The molecule has 2 amide bonds. The summed E-state index contributed by atoms with van der Waals surface area (Å²) < 4.78 is 0. The highest BCUT2D eigenvalue weighted by molar-refractivity contribution is 5.94. The molecule has 1 saturated carbocycles. The molecule has 0 bridgehead atoms. The zero-order chi connectivity index (χ0) is 12.0. The third kappa shape index (κ3) is 4.47. The lowest BCUT2D eigenvalue weighted by molar-refractivity contribution is -0.124. The van der Waals surface area contributed by atoms with E-state index in [1.165, 1.54) is 19.3 Å². The fraction of sp³-hybridized carbons (Fsp3) is 0.667. The molecular formula is C12H20N2O2. The van der Waals surface area contributed by atoms with Crippen LogP contribution in [0.25, 0.3) is 0 Å². The van der Waals surface area contributed by atoms with Crippen LogP contribution in [0.2, 0.25) is 0 Å². The first-order chi connectivity index (χ1) is 7.59. The third-order valence-electron chi connectivity index (χ3n) is 2.77. The minimum absolute atomic E-state index is 0.0438. The van der Waals surface area contributed by atoms with Crippen LogP contribution in [0, 0.1) is 0 Å². The molecule has 0 spiro atoms. The molecule has 1 aliphatic rings. The first-order valence-corrected chi connectivity index (χ1v) is 5.82. The Kier molecular flexibility index (Phi) is 5.02. The Morgan fingerprint density at radius 1 is 1.25 bits per heavy atom. The van der Waals surface area contributed by atoms with Gasteiger partial charge in [-0.25, -0.2) is 0 Å². The highest BCUT2D eigenvalue weighted by Crippen LogP contribution is 2.16. The average Bonchev–Trinajstić information content (AvgIpc) is 2.27. The standard InChI is InChI=1S/C12H20N2O2/c1-9(2)12(16)13-8-11(15)14-10-6-4-3-5-7-10/h10H,1,3-8H2,2H3,(H,13,16)(H,14,15). The van der Waals surface area contributed by atoms with Gasteiger partial charge in [-0.15, -0.1) is 0 Å². The molecule has 0 aromatic rings. The molecule has 1 fully saturated rings. The molecule has 0 radical (unpaired) electrons. The van der Waals surface area contributed by atoms with E-state index < -0.39 is 0 Å². The van der Waals surface area contributed by atoms with E-state index in [1.54, 1.807) is 6.92 Å². The molecule has 4 nitrogen and oxygen atoms in total. The van der Waals surface area contributed by atoms with Crippen LogP contribution in [0.4, 0.5) is 0 Å². The third-order valence-corrected chi connectivity index (χ3v) is 2.77. The van der Waals surface area contributed by atoms with Crippen LogP contribution in [-0.2, 0) is 9.59 Å². The molecule has 0 unspecified atom stereocenters. The zero-order valence-corrected chi connectivity index (χ0v) is 9.84. The fourth-order valence-corrected chi connectivity index (χ4v) is 1.84. The summed E-state index contributed by atoms with van der Waals surface area (Å²) >= 11 is 0. The van der Waals surface area contributed by atoms with Gasteiger partial charge in [0, 0.05) is 11.6 Å². The second-order valence-corrected chi connectivity index (χ2v) is 4.37. The largest absolute Gasteiger partial charge is 0.352 e. The Morgan fingerprint density at radius 2 is 1.88 bits per heavy atom. The zero-order valence-electron chi connectivity index (χ0n) is 9.84. The SMILES string of the molecule is C=C(C)C(=O)NCC(=O)NC1CCCCC1. The minimum Gasteiger partial charge on any atom is -0.352 e. The number of amides is 2. The van der Waals surface area contributed by atoms with Crippen molar-refractivity contribution in [1.82, 2.24) is 10.6 Å². The summed E-state index contributed by atoms with van der Waals surface area (Å²) in [5.41, 5.74) is 0.422. The summed E-state index contributed by atoms with van der Waals surface area (Å²) in [5, 5.41) is 5.45. The lowest BCUT2D eigenvalue weighted by Crippen LogP contribution is -2.42. The van der Waals surface area contributed by atoms with Gasteiger partial charge in [-0.2, -0.15) is 0 Å². The fourth-order valence-electron chi connectivity index (χ4n) is 1.84. The summed E-state index contributed by atoms with van der Waals surface area (Å²) in [6, 6.07) is 0.294. The Hall–Kier alpha value is -1.32. The lowest BCUT2D eigenvalue weighted by atomic mass is 9.95. The van der Waals surface area contributed by atoms with Crippen LogP contribution in [0.15, 0.2) is 12.2 Å². The normalized spacial score (nSPS) is 16.6. The smallest absolute Gasteiger partial charge is 0.246 e. The molecule has 0 atom stereocenters. The highest BCUT2D eigenvalue weighted by Gasteiger charge is 2.15. The molecule has 2 N–H and O–H groups in total. The van der Waals surface area contributed by atoms with Crippen LogP contribution in [-0.4, -0.2) is 24.4 Å². The Bertz CT molecular complexity index is 281. The quantitative estimate of drug-likeness (QED) is 0.703. The topological polar surface area (TPSA) is 58.2 Å². The van der Waals surface area contributed by atoms with Crippen LogP contribution < -0.4 is 10.6 Å². The van der Waals surface area contributed by atoms with Crippen LogP contribution in [0.5, 0.6) is 0 Å². The summed E-state index contributed by atoms with van der Waals surface area (Å²) in [5.74, 6) is -0.375. The first-order valence-electron chi connectivity index (χ1n) is 5.82. The van der Waals surface area contributed by atoms with Gasteiger partial charge < -0.3 is 10.6 Å². The Balaban J connectivity index is 2.19. The van der Waals surface area contributed by atoms with Gasteiger partial charge in [-0.1, -0.05) is 25.8 Å². The van der Waals surface area contributed by atoms with Crippen molar-refractivity contribution in [3.05, 3.63) is 12.2 Å². The van der Waals surface area contributed by atoms with E-state index in [0.717, 1.165) is 12.8 Å². The highest BCUT2D eigenvalue weighted by atomic mass is 16.2. The van der Waals surface area contributed by atoms with Crippen molar-refractivity contribution < 1.29 is 9.59 Å². The summed E-state index contributed by atoms with van der Waals surface area (Å²) in [4.78, 5) is 22.6. The molecule has 0 aromatic carbocycles. The maximum Gasteiger partial charge on any atom is 0.246 e. The van der Waals surface area contributed by atoms with Crippen molar-refractivity contribution in [2.75, 3.05) is 6.54 Å². The van der Waals surface area contributed by atoms with E-state index >= 15 is 0 Å². The predicted octanol–water partition coefficient (Wildman–Crippen LogP) is 1.13. The van der Waals surface area contributed by atoms with E-state index in [1.807, 2.05) is 0 Å². The van der Waals surface area contributed by atoms with Crippen LogP contribution >= 0.6 is 0 Å². The molecule has 4 heteroatoms. The number of rotatable bonds is 4. The Labute approximate surface area is 96.5 Å². The molecule has 0 aliphatic heterocycles. The van der Waals surface area contributed by atoms with Gasteiger partial charge >= 0.3 is 0 Å². The lowest BCUT2D eigenvalue weighted by Gasteiger charge is -2.22. The van der Waals surface area contributed by atoms with Gasteiger partial charge in [0.25, 0.3) is 0 Å².